The van der Waals surface area contributed by atoms with Crippen LogP contribution in [-0.4, -0.2) is 14.7 Å². The van der Waals surface area contributed by atoms with Crippen molar-refractivity contribution in [1.29, 1.82) is 0 Å². The van der Waals surface area contributed by atoms with Gasteiger partial charge in [-0.1, -0.05) is 36.4 Å². The summed E-state index contributed by atoms with van der Waals surface area (Å²) in [5, 5.41) is 0. The van der Waals surface area contributed by atoms with Crippen LogP contribution in [0.5, 0.6) is 5.75 Å². The molecule has 4 nitrogen and oxygen atoms in total. The molecule has 2 rings (SSSR count). The normalized spacial score (nSPS) is 10.6. The van der Waals surface area contributed by atoms with Crippen LogP contribution in [-0.2, 0) is 30.5 Å². The molecule has 0 fully saturated rings. The van der Waals surface area contributed by atoms with E-state index in [0.717, 1.165) is 11.8 Å². The molecule has 0 saturated carbocycles. The Hall–Kier alpha value is -1.35. The van der Waals surface area contributed by atoms with Crippen LogP contribution in [0.2, 0.25) is 0 Å². The average Bonchev–Trinajstić information content (AvgIpc) is 2.29. The molecule has 0 radical (unpaired) electrons. The Morgan fingerprint density at radius 3 is 2.05 bits per heavy atom. The first kappa shape index (κ1) is 15.7. The molecule has 2 N–H and O–H groups in total. The molecule has 6 heteroatoms. The van der Waals surface area contributed by atoms with Crippen LogP contribution in [0.25, 0.3) is 11.1 Å². The summed E-state index contributed by atoms with van der Waals surface area (Å²) in [5.41, 5.74) is 7.85. The predicted molar refractivity (Wildman–Crippen MR) is 71.8 cm³/mol. The van der Waals surface area contributed by atoms with Crippen molar-refractivity contribution in [2.75, 3.05) is 12.0 Å². The van der Waals surface area contributed by atoms with E-state index in [9.17, 15) is 8.42 Å². The van der Waals surface area contributed by atoms with Gasteiger partial charge in [-0.05, 0) is 12.1 Å². The Balaban J connectivity index is 0.00000180. The number of para-hydroxylation sites is 2. The van der Waals surface area contributed by atoms with Gasteiger partial charge in [-0.2, -0.15) is 8.42 Å². The minimum atomic E-state index is -3.56. The summed E-state index contributed by atoms with van der Waals surface area (Å²) in [7, 11) is -3.56. The van der Waals surface area contributed by atoms with Crippen molar-refractivity contribution in [2.24, 2.45) is 0 Å². The Kier molecular flexibility index (Phi) is 5.13. The third kappa shape index (κ3) is 4.07. The Labute approximate surface area is 126 Å². The monoisotopic (exact) mass is 369 g/mol. The largest absolute Gasteiger partial charge is 2.00 e. The molecular formula is C13H13NO3PdS+2. The van der Waals surface area contributed by atoms with E-state index in [1.54, 1.807) is 30.3 Å². The molecule has 0 aromatic heterocycles. The molecule has 0 saturated heterocycles. The molecule has 0 aliphatic carbocycles. The number of nitrogens with two attached hydrogens (primary N) is 1. The SMILES string of the molecule is CS(=O)(=O)Oc1ccccc1-c1ccccc1N.[Pd+2]. The van der Waals surface area contributed by atoms with Gasteiger partial charge in [0.25, 0.3) is 0 Å². The number of benzene rings is 2. The molecule has 0 unspecified atom stereocenters. The molecule has 0 bridgehead atoms. The first-order valence-electron chi connectivity index (χ1n) is 5.31. The van der Waals surface area contributed by atoms with Gasteiger partial charge in [0.15, 0.2) is 0 Å². The summed E-state index contributed by atoms with van der Waals surface area (Å²) in [6.45, 7) is 0. The van der Waals surface area contributed by atoms with E-state index in [0.29, 0.717) is 11.3 Å². The molecule has 0 spiro atoms. The summed E-state index contributed by atoms with van der Waals surface area (Å²) < 4.78 is 27.4. The smallest absolute Gasteiger partial charge is 0.398 e. The van der Waals surface area contributed by atoms with E-state index in [4.69, 9.17) is 9.92 Å². The predicted octanol–water partition coefficient (Wildman–Crippen LogP) is 2.27. The van der Waals surface area contributed by atoms with Crippen molar-refractivity contribution >= 4 is 15.8 Å². The number of hydrogen-bond acceptors (Lipinski definition) is 4. The molecule has 2 aromatic rings. The molecule has 0 aliphatic rings. The van der Waals surface area contributed by atoms with Gasteiger partial charge in [0.05, 0.1) is 6.26 Å². The maximum absolute atomic E-state index is 11.2. The molecule has 19 heavy (non-hydrogen) atoms. The van der Waals surface area contributed by atoms with Crippen molar-refractivity contribution in [3.05, 3.63) is 48.5 Å². The van der Waals surface area contributed by atoms with Gasteiger partial charge < -0.3 is 9.92 Å². The maximum Gasteiger partial charge on any atom is 2.00 e. The van der Waals surface area contributed by atoms with Crippen molar-refractivity contribution in [3.63, 3.8) is 0 Å². The van der Waals surface area contributed by atoms with Gasteiger partial charge in [-0.15, -0.1) is 0 Å². The van der Waals surface area contributed by atoms with Crippen molar-refractivity contribution in [3.8, 4) is 16.9 Å². The van der Waals surface area contributed by atoms with E-state index < -0.39 is 10.1 Å². The average molecular weight is 370 g/mol. The zero-order chi connectivity index (χ0) is 13.2. The van der Waals surface area contributed by atoms with Crippen molar-refractivity contribution in [2.45, 2.75) is 0 Å². The Morgan fingerprint density at radius 2 is 1.47 bits per heavy atom. The third-order valence-electron chi connectivity index (χ3n) is 2.38. The number of anilines is 1. The van der Waals surface area contributed by atoms with E-state index >= 15 is 0 Å². The van der Waals surface area contributed by atoms with Gasteiger partial charge in [-0.25, -0.2) is 0 Å². The molecule has 0 aliphatic heterocycles. The topological polar surface area (TPSA) is 69.4 Å². The van der Waals surface area contributed by atoms with Gasteiger partial charge in [0, 0.05) is 16.8 Å². The number of rotatable bonds is 3. The summed E-state index contributed by atoms with van der Waals surface area (Å²) in [6.07, 6.45) is 1.01. The van der Waals surface area contributed by atoms with Crippen molar-refractivity contribution < 1.29 is 33.0 Å². The van der Waals surface area contributed by atoms with Crippen LogP contribution in [0, 0.1) is 0 Å². The molecule has 0 atom stereocenters. The van der Waals surface area contributed by atoms with Gasteiger partial charge in [0.2, 0.25) is 0 Å². The van der Waals surface area contributed by atoms with Gasteiger partial charge in [-0.3, -0.25) is 0 Å². The fourth-order valence-corrected chi connectivity index (χ4v) is 2.14. The Morgan fingerprint density at radius 1 is 0.947 bits per heavy atom. The minimum absolute atomic E-state index is 0. The van der Waals surface area contributed by atoms with E-state index in [-0.39, 0.29) is 26.2 Å². The summed E-state index contributed by atoms with van der Waals surface area (Å²) in [6, 6.07) is 14.1. The molecular weight excluding hydrogens is 357 g/mol. The molecule has 0 heterocycles. The standard InChI is InChI=1S/C13H13NO3S.Pd/c1-18(15,16)17-13-9-5-3-7-11(13)10-6-2-4-8-12(10)14;/h2-9H,14H2,1H3;/q;+2. The minimum Gasteiger partial charge on any atom is -0.398 e. The molecule has 0 amide bonds. The van der Waals surface area contributed by atoms with Crippen LogP contribution in [0.1, 0.15) is 0 Å². The van der Waals surface area contributed by atoms with Crippen LogP contribution in [0.3, 0.4) is 0 Å². The van der Waals surface area contributed by atoms with Gasteiger partial charge >= 0.3 is 30.5 Å². The second kappa shape index (κ2) is 6.20. The quantitative estimate of drug-likeness (QED) is 0.512. The van der Waals surface area contributed by atoms with Gasteiger partial charge in [0.1, 0.15) is 5.75 Å². The van der Waals surface area contributed by atoms with Crippen LogP contribution in [0.4, 0.5) is 5.69 Å². The van der Waals surface area contributed by atoms with E-state index in [1.165, 1.54) is 0 Å². The first-order valence-corrected chi connectivity index (χ1v) is 7.12. The summed E-state index contributed by atoms with van der Waals surface area (Å²) in [4.78, 5) is 0. The fraction of sp³-hybridized carbons (Fsp3) is 0.0769. The van der Waals surface area contributed by atoms with E-state index in [2.05, 4.69) is 0 Å². The Bertz CT molecular complexity index is 671. The van der Waals surface area contributed by atoms with E-state index in [1.807, 2.05) is 18.2 Å². The van der Waals surface area contributed by atoms with Crippen LogP contribution < -0.4 is 9.92 Å². The fourth-order valence-electron chi connectivity index (χ4n) is 1.67. The zero-order valence-electron chi connectivity index (χ0n) is 10.1. The van der Waals surface area contributed by atoms with Crippen LogP contribution in [0.15, 0.2) is 48.5 Å². The summed E-state index contributed by atoms with van der Waals surface area (Å²) >= 11 is 0. The summed E-state index contributed by atoms with van der Waals surface area (Å²) in [5.74, 6) is 0.276. The number of hydrogen-bond donors (Lipinski definition) is 1. The zero-order valence-corrected chi connectivity index (χ0v) is 12.5. The maximum atomic E-state index is 11.2. The second-order valence-corrected chi connectivity index (χ2v) is 5.45. The van der Waals surface area contributed by atoms with Crippen LogP contribution >= 0.6 is 0 Å². The second-order valence-electron chi connectivity index (χ2n) is 3.87. The molecule has 102 valence electrons. The first-order chi connectivity index (χ1) is 8.47. The molecule has 2 aromatic carbocycles. The number of nitrogen functional groups attached to an aromatic ring is 1. The third-order valence-corrected chi connectivity index (χ3v) is 2.86. The van der Waals surface area contributed by atoms with Crippen molar-refractivity contribution in [1.82, 2.24) is 0 Å².